The van der Waals surface area contributed by atoms with Crippen molar-refractivity contribution < 1.29 is 0 Å². The molecule has 1 aromatic heterocycles. The minimum atomic E-state index is 0.175. The molecule has 2 aromatic rings. The highest BCUT2D eigenvalue weighted by molar-refractivity contribution is 14.1. The Kier molecular flexibility index (Phi) is 6.04. The number of hydrogen-bond donors (Lipinski definition) is 1. The molecule has 0 aliphatic heterocycles. The Labute approximate surface area is 134 Å². The number of hydrogen-bond acceptors (Lipinski definition) is 2. The number of aromatic nitrogens is 2. The third-order valence-electron chi connectivity index (χ3n) is 3.27. The third-order valence-corrected chi connectivity index (χ3v) is 3.99. The Morgan fingerprint density at radius 2 is 1.95 bits per heavy atom. The molecule has 0 aliphatic carbocycles. The second-order valence-electron chi connectivity index (χ2n) is 4.92. The van der Waals surface area contributed by atoms with E-state index >= 15 is 0 Å². The van der Waals surface area contributed by atoms with Crippen molar-refractivity contribution in [3.63, 3.8) is 0 Å². The molecule has 1 aromatic carbocycles. The van der Waals surface area contributed by atoms with Gasteiger partial charge in [-0.2, -0.15) is 0 Å². The highest BCUT2D eigenvalue weighted by Gasteiger charge is 2.18. The van der Waals surface area contributed by atoms with E-state index in [4.69, 9.17) is 0 Å². The predicted molar refractivity (Wildman–Crippen MR) is 91.8 cm³/mol. The Bertz CT molecular complexity index is 519. The molecule has 0 saturated carbocycles. The van der Waals surface area contributed by atoms with Gasteiger partial charge >= 0.3 is 0 Å². The summed E-state index contributed by atoms with van der Waals surface area (Å²) in [5.41, 5.74) is 1.28. The van der Waals surface area contributed by atoms with Crippen LogP contribution in [0.4, 0.5) is 0 Å². The molecule has 0 amide bonds. The van der Waals surface area contributed by atoms with E-state index in [0.717, 1.165) is 31.8 Å². The molecule has 0 bridgehead atoms. The monoisotopic (exact) mass is 383 g/mol. The summed E-state index contributed by atoms with van der Waals surface area (Å²) in [5.74, 6) is 1.11. The van der Waals surface area contributed by atoms with Crippen LogP contribution in [0.2, 0.25) is 0 Å². The average Bonchev–Trinajstić information content (AvgIpc) is 2.90. The van der Waals surface area contributed by atoms with Crippen molar-refractivity contribution in [2.75, 3.05) is 6.54 Å². The summed E-state index contributed by atoms with van der Waals surface area (Å²) in [6.07, 6.45) is 6.22. The van der Waals surface area contributed by atoms with E-state index in [1.165, 1.54) is 9.13 Å². The fourth-order valence-corrected chi connectivity index (χ4v) is 2.67. The smallest absolute Gasteiger partial charge is 0.130 e. The standard InChI is InChI=1S/C16H22IN3/c1-3-9-18-15(13-5-7-14(17)8-6-13)16-19-10-12-20(16)11-4-2/h5-8,10,12,15,18H,3-4,9,11H2,1-2H3. The first-order valence-electron chi connectivity index (χ1n) is 7.26. The summed E-state index contributed by atoms with van der Waals surface area (Å²) in [6.45, 7) is 6.40. The Balaban J connectivity index is 2.31. The van der Waals surface area contributed by atoms with Gasteiger partial charge in [0.2, 0.25) is 0 Å². The van der Waals surface area contributed by atoms with Gasteiger partial charge in [0.15, 0.2) is 0 Å². The molecule has 1 unspecified atom stereocenters. The van der Waals surface area contributed by atoms with Crippen LogP contribution in [-0.4, -0.2) is 16.1 Å². The molecule has 20 heavy (non-hydrogen) atoms. The van der Waals surface area contributed by atoms with Crippen LogP contribution in [0.15, 0.2) is 36.7 Å². The molecule has 108 valence electrons. The lowest BCUT2D eigenvalue weighted by Gasteiger charge is -2.20. The lowest BCUT2D eigenvalue weighted by atomic mass is 10.1. The zero-order valence-corrected chi connectivity index (χ0v) is 14.3. The molecule has 2 rings (SSSR count). The van der Waals surface area contributed by atoms with Crippen LogP contribution < -0.4 is 5.32 Å². The van der Waals surface area contributed by atoms with Crippen molar-refractivity contribution >= 4 is 22.6 Å². The topological polar surface area (TPSA) is 29.9 Å². The van der Waals surface area contributed by atoms with Gasteiger partial charge in [0.25, 0.3) is 0 Å². The summed E-state index contributed by atoms with van der Waals surface area (Å²) in [7, 11) is 0. The normalized spacial score (nSPS) is 12.6. The molecule has 1 heterocycles. The van der Waals surface area contributed by atoms with Gasteiger partial charge in [-0.05, 0) is 59.7 Å². The molecule has 1 N–H and O–H groups in total. The molecule has 0 spiro atoms. The maximum absolute atomic E-state index is 4.59. The van der Waals surface area contributed by atoms with Crippen molar-refractivity contribution in [3.05, 3.63) is 51.6 Å². The number of aryl methyl sites for hydroxylation is 1. The first-order valence-corrected chi connectivity index (χ1v) is 8.34. The van der Waals surface area contributed by atoms with Crippen LogP contribution in [0.1, 0.15) is 44.1 Å². The van der Waals surface area contributed by atoms with Crippen LogP contribution in [0.5, 0.6) is 0 Å². The maximum Gasteiger partial charge on any atom is 0.130 e. The summed E-state index contributed by atoms with van der Waals surface area (Å²) < 4.78 is 3.52. The van der Waals surface area contributed by atoms with Crippen molar-refractivity contribution in [2.24, 2.45) is 0 Å². The maximum atomic E-state index is 4.59. The van der Waals surface area contributed by atoms with E-state index in [-0.39, 0.29) is 6.04 Å². The summed E-state index contributed by atoms with van der Waals surface area (Å²) >= 11 is 2.34. The van der Waals surface area contributed by atoms with E-state index in [1.807, 2.05) is 6.20 Å². The molecule has 0 fully saturated rings. The van der Waals surface area contributed by atoms with E-state index in [2.05, 4.69) is 81.8 Å². The van der Waals surface area contributed by atoms with Crippen LogP contribution >= 0.6 is 22.6 Å². The van der Waals surface area contributed by atoms with E-state index < -0.39 is 0 Å². The van der Waals surface area contributed by atoms with Crippen LogP contribution in [0.25, 0.3) is 0 Å². The zero-order valence-electron chi connectivity index (χ0n) is 12.1. The summed E-state index contributed by atoms with van der Waals surface area (Å²) in [5, 5.41) is 3.62. The van der Waals surface area contributed by atoms with Gasteiger partial charge in [0.1, 0.15) is 5.82 Å². The number of rotatable bonds is 7. The van der Waals surface area contributed by atoms with Crippen LogP contribution in [-0.2, 0) is 6.54 Å². The zero-order chi connectivity index (χ0) is 14.4. The highest BCUT2D eigenvalue weighted by Crippen LogP contribution is 2.22. The molecule has 4 heteroatoms. The average molecular weight is 383 g/mol. The first-order chi connectivity index (χ1) is 9.76. The molecule has 1 atom stereocenters. The fraction of sp³-hybridized carbons (Fsp3) is 0.438. The van der Waals surface area contributed by atoms with Crippen molar-refractivity contribution in [2.45, 2.75) is 39.3 Å². The van der Waals surface area contributed by atoms with Crippen molar-refractivity contribution in [1.82, 2.24) is 14.9 Å². The number of nitrogens with zero attached hydrogens (tertiary/aromatic N) is 2. The molecule has 0 saturated heterocycles. The van der Waals surface area contributed by atoms with Gasteiger partial charge in [-0.15, -0.1) is 0 Å². The number of nitrogens with one attached hydrogen (secondary N) is 1. The molecule has 0 radical (unpaired) electrons. The fourth-order valence-electron chi connectivity index (χ4n) is 2.31. The minimum absolute atomic E-state index is 0.175. The quantitative estimate of drug-likeness (QED) is 0.733. The number of imidazole rings is 1. The van der Waals surface area contributed by atoms with E-state index in [1.54, 1.807) is 0 Å². The number of halogens is 1. The molecule has 0 aliphatic rings. The molecular weight excluding hydrogens is 361 g/mol. The van der Waals surface area contributed by atoms with E-state index in [0.29, 0.717) is 0 Å². The second-order valence-corrected chi connectivity index (χ2v) is 6.16. The van der Waals surface area contributed by atoms with Crippen LogP contribution in [0.3, 0.4) is 0 Å². The van der Waals surface area contributed by atoms with E-state index in [9.17, 15) is 0 Å². The predicted octanol–water partition coefficient (Wildman–Crippen LogP) is 3.99. The van der Waals surface area contributed by atoms with Gasteiger partial charge in [-0.25, -0.2) is 4.98 Å². The Morgan fingerprint density at radius 1 is 1.20 bits per heavy atom. The van der Waals surface area contributed by atoms with Crippen LogP contribution in [0, 0.1) is 3.57 Å². The minimum Gasteiger partial charge on any atom is -0.333 e. The van der Waals surface area contributed by atoms with Gasteiger partial charge < -0.3 is 9.88 Å². The highest BCUT2D eigenvalue weighted by atomic mass is 127. The molecule has 3 nitrogen and oxygen atoms in total. The third kappa shape index (κ3) is 3.82. The SMILES string of the molecule is CCCNC(c1ccc(I)cc1)c1nccn1CCC. The largest absolute Gasteiger partial charge is 0.333 e. The van der Waals surface area contributed by atoms with Gasteiger partial charge in [-0.1, -0.05) is 26.0 Å². The summed E-state index contributed by atoms with van der Waals surface area (Å²) in [4.78, 5) is 4.59. The van der Waals surface area contributed by atoms with Gasteiger partial charge in [0, 0.05) is 22.5 Å². The summed E-state index contributed by atoms with van der Waals surface area (Å²) in [6, 6.07) is 8.88. The van der Waals surface area contributed by atoms with Crippen molar-refractivity contribution in [3.8, 4) is 0 Å². The van der Waals surface area contributed by atoms with Gasteiger partial charge in [-0.3, -0.25) is 0 Å². The van der Waals surface area contributed by atoms with Crippen molar-refractivity contribution in [1.29, 1.82) is 0 Å². The number of benzene rings is 1. The Morgan fingerprint density at radius 3 is 2.60 bits per heavy atom. The lowest BCUT2D eigenvalue weighted by molar-refractivity contribution is 0.530. The van der Waals surface area contributed by atoms with Gasteiger partial charge in [0.05, 0.1) is 6.04 Å². The second kappa shape index (κ2) is 7.78. The first kappa shape index (κ1) is 15.5. The molecular formula is C16H22IN3. The Hall–Kier alpha value is -0.880. The lowest BCUT2D eigenvalue weighted by Crippen LogP contribution is -2.26.